The normalized spacial score (nSPS) is 33.0. The van der Waals surface area contributed by atoms with E-state index in [1.54, 1.807) is 0 Å². The molecule has 1 heteroatoms. The summed E-state index contributed by atoms with van der Waals surface area (Å²) in [6, 6.07) is 0. The van der Waals surface area contributed by atoms with E-state index in [-0.39, 0.29) is 5.60 Å². The Morgan fingerprint density at radius 3 is 1.90 bits per heavy atom. The van der Waals surface area contributed by atoms with Crippen LogP contribution in [-0.2, 0) is 0 Å². The van der Waals surface area contributed by atoms with Gasteiger partial charge in [-0.05, 0) is 37.5 Å². The molecule has 1 N–H and O–H groups in total. The molecule has 2 rings (SSSR count). The molecule has 2 aliphatic rings. The molecule has 10 heavy (non-hydrogen) atoms. The standard InChI is InChI=1S/C9H16O/c1-2-8(4-3-5-8)9(10)6-7-9/h10H,2-7H2,1H3. The van der Waals surface area contributed by atoms with Crippen LogP contribution < -0.4 is 0 Å². The van der Waals surface area contributed by atoms with Crippen molar-refractivity contribution in [1.29, 1.82) is 0 Å². The first-order valence-electron chi connectivity index (χ1n) is 4.45. The van der Waals surface area contributed by atoms with Crippen LogP contribution in [0.4, 0.5) is 0 Å². The predicted octanol–water partition coefficient (Wildman–Crippen LogP) is 2.09. The van der Waals surface area contributed by atoms with Crippen LogP contribution in [0.5, 0.6) is 0 Å². The lowest BCUT2D eigenvalue weighted by molar-refractivity contribution is -0.0587. The van der Waals surface area contributed by atoms with E-state index in [1.807, 2.05) is 0 Å². The van der Waals surface area contributed by atoms with Crippen LogP contribution >= 0.6 is 0 Å². The van der Waals surface area contributed by atoms with Gasteiger partial charge < -0.3 is 5.11 Å². The van der Waals surface area contributed by atoms with Crippen LogP contribution in [0.2, 0.25) is 0 Å². The molecule has 0 spiro atoms. The van der Waals surface area contributed by atoms with Crippen molar-refractivity contribution in [2.24, 2.45) is 5.41 Å². The van der Waals surface area contributed by atoms with Crippen molar-refractivity contribution in [2.45, 2.75) is 51.0 Å². The van der Waals surface area contributed by atoms with E-state index in [0.717, 1.165) is 12.8 Å². The number of hydrogen-bond acceptors (Lipinski definition) is 1. The molecule has 0 unspecified atom stereocenters. The fourth-order valence-corrected chi connectivity index (χ4v) is 2.40. The minimum Gasteiger partial charge on any atom is -0.389 e. The molecular formula is C9H16O. The molecular weight excluding hydrogens is 124 g/mol. The number of rotatable bonds is 2. The average molecular weight is 140 g/mol. The van der Waals surface area contributed by atoms with Crippen molar-refractivity contribution in [3.05, 3.63) is 0 Å². The molecule has 2 fully saturated rings. The summed E-state index contributed by atoms with van der Waals surface area (Å²) in [7, 11) is 0. The highest BCUT2D eigenvalue weighted by Gasteiger charge is 2.59. The first kappa shape index (κ1) is 6.66. The van der Waals surface area contributed by atoms with Gasteiger partial charge in [0.2, 0.25) is 0 Å². The van der Waals surface area contributed by atoms with Gasteiger partial charge in [0, 0.05) is 0 Å². The molecule has 0 saturated heterocycles. The largest absolute Gasteiger partial charge is 0.389 e. The van der Waals surface area contributed by atoms with Crippen LogP contribution in [0.25, 0.3) is 0 Å². The first-order valence-corrected chi connectivity index (χ1v) is 4.45. The maximum Gasteiger partial charge on any atom is 0.0705 e. The lowest BCUT2D eigenvalue weighted by atomic mass is 9.62. The van der Waals surface area contributed by atoms with Crippen molar-refractivity contribution in [3.8, 4) is 0 Å². The van der Waals surface area contributed by atoms with Gasteiger partial charge >= 0.3 is 0 Å². The molecule has 0 bridgehead atoms. The Bertz CT molecular complexity index is 137. The van der Waals surface area contributed by atoms with Crippen LogP contribution in [-0.4, -0.2) is 10.7 Å². The molecule has 0 atom stereocenters. The van der Waals surface area contributed by atoms with Crippen molar-refractivity contribution in [1.82, 2.24) is 0 Å². The Kier molecular flexibility index (Phi) is 1.17. The highest BCUT2D eigenvalue weighted by molar-refractivity contribution is 5.11. The molecule has 1 nitrogen and oxygen atoms in total. The first-order chi connectivity index (χ1) is 4.72. The summed E-state index contributed by atoms with van der Waals surface area (Å²) in [4.78, 5) is 0. The van der Waals surface area contributed by atoms with Gasteiger partial charge in [-0.25, -0.2) is 0 Å². The molecule has 0 aromatic heterocycles. The number of aliphatic hydroxyl groups is 1. The lowest BCUT2D eigenvalue weighted by Gasteiger charge is -2.45. The zero-order chi connectivity index (χ0) is 7.24. The number of hydrogen-bond donors (Lipinski definition) is 1. The molecule has 0 heterocycles. The van der Waals surface area contributed by atoms with Crippen LogP contribution in [0, 0.1) is 5.41 Å². The van der Waals surface area contributed by atoms with Crippen molar-refractivity contribution in [2.75, 3.05) is 0 Å². The second kappa shape index (κ2) is 1.76. The summed E-state index contributed by atoms with van der Waals surface area (Å²) in [6.07, 6.45) is 7.22. The minimum atomic E-state index is -0.208. The SMILES string of the molecule is CCC1(C2(O)CC2)CCC1. The van der Waals surface area contributed by atoms with Gasteiger partial charge in [-0.1, -0.05) is 13.3 Å². The van der Waals surface area contributed by atoms with Crippen LogP contribution in [0.3, 0.4) is 0 Å². The Balaban J connectivity index is 2.11. The molecule has 58 valence electrons. The van der Waals surface area contributed by atoms with Crippen LogP contribution in [0.15, 0.2) is 0 Å². The highest BCUT2D eigenvalue weighted by Crippen LogP contribution is 2.61. The quantitative estimate of drug-likeness (QED) is 0.622. The van der Waals surface area contributed by atoms with Crippen LogP contribution in [0.1, 0.15) is 45.4 Å². The maximum absolute atomic E-state index is 9.90. The fourth-order valence-electron chi connectivity index (χ4n) is 2.40. The summed E-state index contributed by atoms with van der Waals surface area (Å²) in [5.74, 6) is 0. The van der Waals surface area contributed by atoms with Crippen molar-refractivity contribution < 1.29 is 5.11 Å². The molecule has 0 radical (unpaired) electrons. The zero-order valence-corrected chi connectivity index (χ0v) is 6.69. The van der Waals surface area contributed by atoms with Crippen molar-refractivity contribution in [3.63, 3.8) is 0 Å². The summed E-state index contributed by atoms with van der Waals surface area (Å²) < 4.78 is 0. The third-order valence-corrected chi connectivity index (χ3v) is 3.70. The predicted molar refractivity (Wildman–Crippen MR) is 40.8 cm³/mol. The Labute approximate surface area is 62.4 Å². The monoisotopic (exact) mass is 140 g/mol. The van der Waals surface area contributed by atoms with Gasteiger partial charge in [-0.15, -0.1) is 0 Å². The molecule has 2 saturated carbocycles. The second-order valence-electron chi connectivity index (χ2n) is 4.02. The topological polar surface area (TPSA) is 20.2 Å². The van der Waals surface area contributed by atoms with E-state index in [4.69, 9.17) is 0 Å². The van der Waals surface area contributed by atoms with Gasteiger partial charge in [-0.3, -0.25) is 0 Å². The zero-order valence-electron chi connectivity index (χ0n) is 6.69. The average Bonchev–Trinajstić information content (AvgIpc) is 2.47. The third-order valence-electron chi connectivity index (χ3n) is 3.70. The summed E-state index contributed by atoms with van der Waals surface area (Å²) in [5.41, 5.74) is 0.160. The van der Waals surface area contributed by atoms with E-state index in [9.17, 15) is 5.11 Å². The summed E-state index contributed by atoms with van der Waals surface area (Å²) in [6.45, 7) is 2.22. The van der Waals surface area contributed by atoms with E-state index in [1.165, 1.54) is 25.7 Å². The summed E-state index contributed by atoms with van der Waals surface area (Å²) in [5, 5.41) is 9.90. The van der Waals surface area contributed by atoms with Gasteiger partial charge in [0.15, 0.2) is 0 Å². The summed E-state index contributed by atoms with van der Waals surface area (Å²) >= 11 is 0. The Morgan fingerprint density at radius 2 is 1.80 bits per heavy atom. The van der Waals surface area contributed by atoms with Crippen molar-refractivity contribution >= 4 is 0 Å². The molecule has 0 aliphatic heterocycles. The molecule has 0 aromatic rings. The van der Waals surface area contributed by atoms with Gasteiger partial charge in [0.25, 0.3) is 0 Å². The van der Waals surface area contributed by atoms with Gasteiger partial charge in [0.1, 0.15) is 0 Å². The highest BCUT2D eigenvalue weighted by atomic mass is 16.3. The molecule has 0 amide bonds. The Morgan fingerprint density at radius 1 is 1.20 bits per heavy atom. The maximum atomic E-state index is 9.90. The fraction of sp³-hybridized carbons (Fsp3) is 1.00. The van der Waals surface area contributed by atoms with Gasteiger partial charge in [-0.2, -0.15) is 0 Å². The third kappa shape index (κ3) is 0.619. The lowest BCUT2D eigenvalue weighted by Crippen LogP contribution is -2.42. The van der Waals surface area contributed by atoms with E-state index in [2.05, 4.69) is 6.92 Å². The molecule has 2 aliphatic carbocycles. The van der Waals surface area contributed by atoms with Gasteiger partial charge in [0.05, 0.1) is 5.60 Å². The van der Waals surface area contributed by atoms with E-state index in [0.29, 0.717) is 5.41 Å². The minimum absolute atomic E-state index is 0.208. The van der Waals surface area contributed by atoms with E-state index < -0.39 is 0 Å². The second-order valence-corrected chi connectivity index (χ2v) is 4.02. The smallest absolute Gasteiger partial charge is 0.0705 e. The Hall–Kier alpha value is -0.0400. The van der Waals surface area contributed by atoms with E-state index >= 15 is 0 Å². The molecule has 0 aromatic carbocycles.